The predicted octanol–water partition coefficient (Wildman–Crippen LogP) is 4.19. The quantitative estimate of drug-likeness (QED) is 0.445. The van der Waals surface area contributed by atoms with Gasteiger partial charge in [0.2, 0.25) is 0 Å². The lowest BCUT2D eigenvalue weighted by Crippen LogP contribution is -1.52. The third-order valence-electron chi connectivity index (χ3n) is 0.577. The summed E-state index contributed by atoms with van der Waals surface area (Å²) in [6.07, 6.45) is 3.83. The Labute approximate surface area is 66.7 Å². The first-order valence-corrected chi connectivity index (χ1v) is 3.85. The van der Waals surface area contributed by atoms with Crippen molar-refractivity contribution in [1.82, 2.24) is 0 Å². The Kier molecular flexibility index (Phi) is 38.4. The van der Waals surface area contributed by atoms with Crippen molar-refractivity contribution in [2.24, 2.45) is 0 Å². The van der Waals surface area contributed by atoms with Gasteiger partial charge >= 0.3 is 0 Å². The van der Waals surface area contributed by atoms with Gasteiger partial charge in [-0.2, -0.15) is 0 Å². The van der Waals surface area contributed by atoms with Gasteiger partial charge in [0.1, 0.15) is 0 Å². The van der Waals surface area contributed by atoms with E-state index >= 15 is 0 Å². The summed E-state index contributed by atoms with van der Waals surface area (Å²) in [6, 6.07) is 0. The molecule has 0 heteroatoms. The SMILES string of the molecule is C=CC.CC.CC=C(C)C. The van der Waals surface area contributed by atoms with Crippen LogP contribution in [-0.4, -0.2) is 0 Å². The van der Waals surface area contributed by atoms with Gasteiger partial charge in [0.25, 0.3) is 0 Å². The fourth-order valence-corrected chi connectivity index (χ4v) is 0. The van der Waals surface area contributed by atoms with Crippen LogP contribution < -0.4 is 0 Å². The summed E-state index contributed by atoms with van der Waals surface area (Å²) in [5.41, 5.74) is 1.38. The van der Waals surface area contributed by atoms with Crippen molar-refractivity contribution in [2.75, 3.05) is 0 Å². The zero-order valence-corrected chi connectivity index (χ0v) is 8.36. The van der Waals surface area contributed by atoms with Gasteiger partial charge in [0, 0.05) is 0 Å². The molecule has 0 aliphatic heterocycles. The van der Waals surface area contributed by atoms with E-state index in [-0.39, 0.29) is 0 Å². The van der Waals surface area contributed by atoms with Crippen molar-refractivity contribution in [3.05, 3.63) is 24.3 Å². The van der Waals surface area contributed by atoms with E-state index in [1.165, 1.54) is 5.57 Å². The molecule has 0 aromatic carbocycles. The van der Waals surface area contributed by atoms with Crippen LogP contribution in [-0.2, 0) is 0 Å². The first-order valence-electron chi connectivity index (χ1n) is 3.85. The molecule has 0 heterocycles. The molecule has 0 aromatic rings. The molecule has 0 bridgehead atoms. The highest BCUT2D eigenvalue weighted by Crippen LogP contribution is 1.82. The zero-order chi connectivity index (χ0) is 8.99. The fourth-order valence-electron chi connectivity index (χ4n) is 0. The van der Waals surface area contributed by atoms with Crippen LogP contribution in [0.3, 0.4) is 0 Å². The molecular formula is C10H22. The molecule has 62 valence electrons. The first kappa shape index (κ1) is 16.2. The normalized spacial score (nSPS) is 5.40. The molecule has 10 heavy (non-hydrogen) atoms. The Balaban J connectivity index is -0.0000000847. The van der Waals surface area contributed by atoms with Crippen LogP contribution in [0.25, 0.3) is 0 Å². The van der Waals surface area contributed by atoms with E-state index in [0.29, 0.717) is 0 Å². The average molecular weight is 142 g/mol. The fraction of sp³-hybridized carbons (Fsp3) is 0.600. The van der Waals surface area contributed by atoms with E-state index in [9.17, 15) is 0 Å². The molecule has 0 radical (unpaired) electrons. The smallest absolute Gasteiger partial charge is 0.0442 e. The highest BCUT2D eigenvalue weighted by atomic mass is 13.7. The minimum absolute atomic E-state index is 1.38. The minimum atomic E-state index is 1.38. The molecular weight excluding hydrogens is 120 g/mol. The maximum Gasteiger partial charge on any atom is -0.0442 e. The van der Waals surface area contributed by atoms with Crippen molar-refractivity contribution >= 4 is 0 Å². The topological polar surface area (TPSA) is 0 Å². The van der Waals surface area contributed by atoms with Gasteiger partial charge in [-0.05, 0) is 27.7 Å². The lowest BCUT2D eigenvalue weighted by molar-refractivity contribution is 1.36. The minimum Gasteiger partial charge on any atom is -0.103 e. The molecule has 0 aliphatic rings. The Morgan fingerprint density at radius 3 is 1.20 bits per heavy atom. The van der Waals surface area contributed by atoms with Crippen molar-refractivity contribution < 1.29 is 0 Å². The second kappa shape index (κ2) is 23.6. The van der Waals surface area contributed by atoms with Gasteiger partial charge in [-0.1, -0.05) is 31.6 Å². The van der Waals surface area contributed by atoms with E-state index < -0.39 is 0 Å². The van der Waals surface area contributed by atoms with Gasteiger partial charge in [-0.15, -0.1) is 6.58 Å². The van der Waals surface area contributed by atoms with Crippen LogP contribution in [0.2, 0.25) is 0 Å². The van der Waals surface area contributed by atoms with Gasteiger partial charge in [-0.25, -0.2) is 0 Å². The third-order valence-corrected chi connectivity index (χ3v) is 0.577. The monoisotopic (exact) mass is 142 g/mol. The number of hydrogen-bond donors (Lipinski definition) is 0. The van der Waals surface area contributed by atoms with Crippen molar-refractivity contribution in [3.8, 4) is 0 Å². The molecule has 0 aromatic heterocycles. The summed E-state index contributed by atoms with van der Waals surface area (Å²) in [5.74, 6) is 0. The largest absolute Gasteiger partial charge is 0.103 e. The van der Waals surface area contributed by atoms with Crippen molar-refractivity contribution in [2.45, 2.75) is 41.5 Å². The molecule has 0 nitrogen and oxygen atoms in total. The second-order valence-electron chi connectivity index (χ2n) is 1.77. The maximum atomic E-state index is 3.36. The lowest BCUT2D eigenvalue weighted by atomic mass is 10.3. The summed E-state index contributed by atoms with van der Waals surface area (Å²) in [6.45, 7) is 15.5. The second-order valence-corrected chi connectivity index (χ2v) is 1.77. The number of allylic oxidation sites excluding steroid dienone is 3. The van der Waals surface area contributed by atoms with Gasteiger partial charge in [-0.3, -0.25) is 0 Å². The van der Waals surface area contributed by atoms with Gasteiger partial charge < -0.3 is 0 Å². The van der Waals surface area contributed by atoms with Gasteiger partial charge in [0.15, 0.2) is 0 Å². The summed E-state index contributed by atoms with van der Waals surface area (Å²) in [7, 11) is 0. The average Bonchev–Trinajstić information content (AvgIpc) is 1.94. The third kappa shape index (κ3) is 143. The Morgan fingerprint density at radius 1 is 1.10 bits per heavy atom. The Bertz CT molecular complexity index is 64.1. The molecule has 0 fully saturated rings. The van der Waals surface area contributed by atoms with E-state index in [0.717, 1.165) is 0 Å². The predicted molar refractivity (Wildman–Crippen MR) is 52.3 cm³/mol. The molecule has 0 aliphatic carbocycles. The van der Waals surface area contributed by atoms with Crippen molar-refractivity contribution in [3.63, 3.8) is 0 Å². The Hall–Kier alpha value is -0.520. The van der Waals surface area contributed by atoms with E-state index in [1.807, 2.05) is 27.7 Å². The maximum absolute atomic E-state index is 3.36. The molecule has 0 rings (SSSR count). The lowest BCUT2D eigenvalue weighted by Gasteiger charge is -1.74. The van der Waals surface area contributed by atoms with E-state index in [1.54, 1.807) is 6.08 Å². The molecule has 0 atom stereocenters. The van der Waals surface area contributed by atoms with E-state index in [2.05, 4.69) is 26.5 Å². The molecule has 0 N–H and O–H groups in total. The van der Waals surface area contributed by atoms with Crippen LogP contribution in [0.1, 0.15) is 41.5 Å². The number of rotatable bonds is 0. The summed E-state index contributed by atoms with van der Waals surface area (Å²) < 4.78 is 0. The molecule has 0 amide bonds. The molecule has 0 saturated heterocycles. The highest BCUT2D eigenvalue weighted by Gasteiger charge is 1.60. The Morgan fingerprint density at radius 2 is 1.20 bits per heavy atom. The standard InChI is InChI=1S/C5H10.C3H6.C2H6/c1-4-5(2)3;1-3-2;1-2/h4H,1-3H3;3H,1H2,2H3;1-2H3. The first-order chi connectivity index (χ1) is 4.68. The number of hydrogen-bond acceptors (Lipinski definition) is 0. The van der Waals surface area contributed by atoms with Crippen LogP contribution in [0.15, 0.2) is 24.3 Å². The molecule has 0 unspecified atom stereocenters. The van der Waals surface area contributed by atoms with Crippen molar-refractivity contribution in [1.29, 1.82) is 0 Å². The highest BCUT2D eigenvalue weighted by molar-refractivity contribution is 4.88. The van der Waals surface area contributed by atoms with Crippen LogP contribution in [0.4, 0.5) is 0 Å². The van der Waals surface area contributed by atoms with Crippen LogP contribution in [0.5, 0.6) is 0 Å². The van der Waals surface area contributed by atoms with E-state index in [4.69, 9.17) is 0 Å². The molecule has 0 spiro atoms. The zero-order valence-electron chi connectivity index (χ0n) is 8.36. The molecule has 0 saturated carbocycles. The van der Waals surface area contributed by atoms with Crippen LogP contribution in [0, 0.1) is 0 Å². The summed E-state index contributed by atoms with van der Waals surface area (Å²) >= 11 is 0. The summed E-state index contributed by atoms with van der Waals surface area (Å²) in [4.78, 5) is 0. The summed E-state index contributed by atoms with van der Waals surface area (Å²) in [5, 5.41) is 0. The van der Waals surface area contributed by atoms with Crippen LogP contribution >= 0.6 is 0 Å². The van der Waals surface area contributed by atoms with Gasteiger partial charge in [0.05, 0.1) is 0 Å².